The Morgan fingerprint density at radius 2 is 1.70 bits per heavy atom. The summed E-state index contributed by atoms with van der Waals surface area (Å²) in [6, 6.07) is 11.6. The molecule has 4 aliphatic heterocycles. The predicted molar refractivity (Wildman–Crippen MR) is 160 cm³/mol. The van der Waals surface area contributed by atoms with E-state index in [0.717, 1.165) is 45.1 Å². The van der Waals surface area contributed by atoms with E-state index in [1.807, 2.05) is 4.90 Å². The average molecular weight is 632 g/mol. The minimum absolute atomic E-state index is 0.0881. The predicted octanol–water partition coefficient (Wildman–Crippen LogP) is 5.49. The SMILES string of the molecule is O=C(OC1(C2CCCC(c3cccc(F)c3)N2S(=O)(=O)c2ccc(Cl)cc2)CC1)N1C2CCC1CC(N1CC[C@@H](O)C1)C2. The third kappa shape index (κ3) is 5.47. The number of piperidine rings is 2. The fourth-order valence-electron chi connectivity index (χ4n) is 8.26. The third-order valence-electron chi connectivity index (χ3n) is 10.5. The summed E-state index contributed by atoms with van der Waals surface area (Å²) in [6.07, 6.45) is 6.79. The number of hydrogen-bond acceptors (Lipinski definition) is 6. The fourth-order valence-corrected chi connectivity index (χ4v) is 10.3. The summed E-state index contributed by atoms with van der Waals surface area (Å²) in [5.74, 6) is -0.418. The zero-order valence-corrected chi connectivity index (χ0v) is 25.7. The summed E-state index contributed by atoms with van der Waals surface area (Å²) in [6.45, 7) is 1.59. The molecule has 0 aromatic heterocycles. The molecule has 4 saturated heterocycles. The molecule has 232 valence electrons. The number of benzene rings is 2. The molecule has 4 heterocycles. The highest BCUT2D eigenvalue weighted by Crippen LogP contribution is 2.53. The van der Waals surface area contributed by atoms with Gasteiger partial charge in [0, 0.05) is 36.2 Å². The molecule has 0 spiro atoms. The molecule has 2 aromatic carbocycles. The van der Waals surface area contributed by atoms with Crippen LogP contribution in [-0.4, -0.2) is 82.7 Å². The summed E-state index contributed by atoms with van der Waals surface area (Å²) in [4.78, 5) is 18.3. The number of aliphatic hydroxyl groups is 1. The summed E-state index contributed by atoms with van der Waals surface area (Å²) >= 11 is 6.09. The molecule has 11 heteroatoms. The van der Waals surface area contributed by atoms with Gasteiger partial charge in [0.1, 0.15) is 11.4 Å². The van der Waals surface area contributed by atoms with E-state index in [4.69, 9.17) is 16.3 Å². The van der Waals surface area contributed by atoms with E-state index in [9.17, 15) is 22.7 Å². The Labute approximate surface area is 257 Å². The van der Waals surface area contributed by atoms with Gasteiger partial charge in [-0.15, -0.1) is 0 Å². The van der Waals surface area contributed by atoms with E-state index in [2.05, 4.69) is 4.90 Å². The van der Waals surface area contributed by atoms with Crippen LogP contribution < -0.4 is 0 Å². The van der Waals surface area contributed by atoms with Gasteiger partial charge in [0.15, 0.2) is 0 Å². The molecule has 5 atom stereocenters. The highest BCUT2D eigenvalue weighted by molar-refractivity contribution is 7.89. The first kappa shape index (κ1) is 29.5. The smallest absolute Gasteiger partial charge is 0.410 e. The van der Waals surface area contributed by atoms with E-state index < -0.39 is 33.5 Å². The number of fused-ring (bicyclic) bond motifs is 2. The van der Waals surface area contributed by atoms with Gasteiger partial charge in [-0.2, -0.15) is 4.31 Å². The molecule has 1 N–H and O–H groups in total. The van der Waals surface area contributed by atoms with Crippen molar-refractivity contribution in [2.75, 3.05) is 13.1 Å². The van der Waals surface area contributed by atoms with Crippen LogP contribution in [0, 0.1) is 5.82 Å². The minimum atomic E-state index is -4.05. The van der Waals surface area contributed by atoms with Gasteiger partial charge in [-0.3, -0.25) is 4.90 Å². The molecular formula is C32H39ClFN3O5S. The van der Waals surface area contributed by atoms with Crippen molar-refractivity contribution in [2.24, 2.45) is 0 Å². The maximum absolute atomic E-state index is 14.4. The van der Waals surface area contributed by atoms with Gasteiger partial charge < -0.3 is 14.7 Å². The van der Waals surface area contributed by atoms with E-state index in [0.29, 0.717) is 48.9 Å². The average Bonchev–Trinajstić information content (AvgIpc) is 3.55. The van der Waals surface area contributed by atoms with Crippen LogP contribution in [0.2, 0.25) is 5.02 Å². The normalized spacial score (nSPS) is 32.6. The summed E-state index contributed by atoms with van der Waals surface area (Å²) in [5.41, 5.74) is -0.325. The molecule has 1 saturated carbocycles. The number of sulfonamides is 1. The van der Waals surface area contributed by atoms with Crippen LogP contribution in [0.3, 0.4) is 0 Å². The molecule has 0 radical (unpaired) electrons. The van der Waals surface area contributed by atoms with Gasteiger partial charge in [-0.05, 0) is 106 Å². The first-order valence-electron chi connectivity index (χ1n) is 15.6. The second kappa shape index (κ2) is 11.3. The van der Waals surface area contributed by atoms with Crippen molar-refractivity contribution >= 4 is 27.7 Å². The number of nitrogens with zero attached hydrogens (tertiary/aromatic N) is 3. The Morgan fingerprint density at radius 1 is 0.977 bits per heavy atom. The van der Waals surface area contributed by atoms with Crippen molar-refractivity contribution in [3.8, 4) is 0 Å². The number of halogens is 2. The molecule has 2 bridgehead atoms. The Kier molecular flexibility index (Phi) is 7.73. The van der Waals surface area contributed by atoms with Crippen LogP contribution >= 0.6 is 11.6 Å². The number of amides is 1. The molecule has 2 aromatic rings. The lowest BCUT2D eigenvalue weighted by atomic mass is 9.90. The van der Waals surface area contributed by atoms with Crippen LogP contribution in [0.5, 0.6) is 0 Å². The van der Waals surface area contributed by atoms with Crippen molar-refractivity contribution in [1.82, 2.24) is 14.1 Å². The van der Waals surface area contributed by atoms with Crippen LogP contribution in [0.15, 0.2) is 53.4 Å². The molecule has 4 unspecified atom stereocenters. The van der Waals surface area contributed by atoms with Gasteiger partial charge in [0.25, 0.3) is 0 Å². The number of ether oxygens (including phenoxy) is 1. The molecular weight excluding hydrogens is 593 g/mol. The first-order valence-corrected chi connectivity index (χ1v) is 17.4. The first-order chi connectivity index (χ1) is 20.6. The van der Waals surface area contributed by atoms with Crippen molar-refractivity contribution in [1.29, 1.82) is 0 Å². The standard InChI is InChI=1S/C32H39ClFN3O5S/c33-22-7-11-28(12-8-22)43(40,41)37-29(21-3-1-4-23(34)17-21)5-2-6-30(37)32(14-15-32)42-31(39)36-24-9-10-25(36)19-26(18-24)35-16-13-27(38)20-35/h1,3-4,7-8,11-12,17,24-27,29-30,38H,2,5-6,9-10,13-16,18-20H2/t24?,25?,26?,27-,29?,30?/m1/s1. The number of carbonyl (C=O) groups is 1. The van der Waals surface area contributed by atoms with Gasteiger partial charge >= 0.3 is 6.09 Å². The maximum Gasteiger partial charge on any atom is 0.410 e. The number of carbonyl (C=O) groups excluding carboxylic acids is 1. The van der Waals surface area contributed by atoms with Crippen molar-refractivity contribution < 1.29 is 27.4 Å². The molecule has 7 rings (SSSR count). The highest BCUT2D eigenvalue weighted by Gasteiger charge is 2.61. The summed E-state index contributed by atoms with van der Waals surface area (Å²) in [5, 5.41) is 10.5. The molecule has 1 aliphatic carbocycles. The molecule has 1 amide bonds. The third-order valence-corrected chi connectivity index (χ3v) is 12.6. The Balaban J connectivity index is 1.16. The van der Waals surface area contributed by atoms with E-state index >= 15 is 0 Å². The minimum Gasteiger partial charge on any atom is -0.441 e. The lowest BCUT2D eigenvalue weighted by molar-refractivity contribution is -0.0246. The van der Waals surface area contributed by atoms with Crippen LogP contribution in [-0.2, 0) is 14.8 Å². The number of likely N-dealkylation sites (tertiary alicyclic amines) is 1. The highest BCUT2D eigenvalue weighted by atomic mass is 35.5. The van der Waals surface area contributed by atoms with Crippen LogP contribution in [0.25, 0.3) is 0 Å². The van der Waals surface area contributed by atoms with E-state index in [-0.39, 0.29) is 29.2 Å². The summed E-state index contributed by atoms with van der Waals surface area (Å²) in [7, 11) is -4.05. The zero-order chi connectivity index (χ0) is 29.9. The van der Waals surface area contributed by atoms with Crippen molar-refractivity contribution in [3.63, 3.8) is 0 Å². The number of hydrogen-bond donors (Lipinski definition) is 1. The van der Waals surface area contributed by atoms with Gasteiger partial charge in [-0.1, -0.05) is 23.7 Å². The quantitative estimate of drug-likeness (QED) is 0.453. The summed E-state index contributed by atoms with van der Waals surface area (Å²) < 4.78 is 51.0. The molecule has 5 fully saturated rings. The van der Waals surface area contributed by atoms with E-state index in [1.54, 1.807) is 24.3 Å². The molecule has 8 nitrogen and oxygen atoms in total. The Bertz CT molecular complexity index is 1460. The zero-order valence-electron chi connectivity index (χ0n) is 24.2. The van der Waals surface area contributed by atoms with Gasteiger partial charge in [0.05, 0.1) is 23.1 Å². The Hall–Kier alpha value is -2.24. The number of aliphatic hydroxyl groups excluding tert-OH is 1. The van der Waals surface area contributed by atoms with Gasteiger partial charge in [-0.25, -0.2) is 17.6 Å². The van der Waals surface area contributed by atoms with E-state index in [1.165, 1.54) is 28.6 Å². The monoisotopic (exact) mass is 631 g/mol. The van der Waals surface area contributed by atoms with Crippen LogP contribution in [0.4, 0.5) is 9.18 Å². The maximum atomic E-state index is 14.4. The molecule has 43 heavy (non-hydrogen) atoms. The fraction of sp³-hybridized carbons (Fsp3) is 0.594. The second-order valence-corrected chi connectivity index (χ2v) is 15.4. The number of β-amino-alcohol motifs (C(OH)–C–C–N with tert-alkyl or cyclic N) is 1. The topological polar surface area (TPSA) is 90.4 Å². The van der Waals surface area contributed by atoms with Crippen molar-refractivity contribution in [2.45, 2.75) is 111 Å². The largest absolute Gasteiger partial charge is 0.441 e. The van der Waals surface area contributed by atoms with Gasteiger partial charge in [0.2, 0.25) is 10.0 Å². The second-order valence-electron chi connectivity index (χ2n) is 13.1. The lowest BCUT2D eigenvalue weighted by Gasteiger charge is -2.46. The number of rotatable bonds is 6. The Morgan fingerprint density at radius 3 is 2.33 bits per heavy atom. The van der Waals surface area contributed by atoms with Crippen molar-refractivity contribution in [3.05, 3.63) is 64.9 Å². The van der Waals surface area contributed by atoms with Crippen LogP contribution in [0.1, 0.15) is 75.8 Å². The lowest BCUT2D eigenvalue weighted by Crippen LogP contribution is -2.56. The molecule has 5 aliphatic rings.